The quantitative estimate of drug-likeness (QED) is 0.841. The summed E-state index contributed by atoms with van der Waals surface area (Å²) in [6.07, 6.45) is 2.77. The van der Waals surface area contributed by atoms with Gasteiger partial charge in [-0.15, -0.1) is 0 Å². The Bertz CT molecular complexity index is 499. The van der Waals surface area contributed by atoms with Crippen LogP contribution in [0.2, 0.25) is 0 Å². The van der Waals surface area contributed by atoms with E-state index in [0.29, 0.717) is 11.6 Å². The highest BCUT2D eigenvalue weighted by atomic mass is 19.1. The molecule has 0 saturated carbocycles. The molecule has 82 valence electrons. The zero-order chi connectivity index (χ0) is 11.5. The molecule has 1 heterocycles. The lowest BCUT2D eigenvalue weighted by Crippen LogP contribution is -1.95. The van der Waals surface area contributed by atoms with Crippen LogP contribution in [-0.4, -0.2) is 9.97 Å². The standard InChI is InChI=1S/C11H10FN3O/c1-7-2-3-8(12)4-9(7)16-11-6-14-10(13)5-15-11/h2-6H,1H3,(H2,13,14). The van der Waals surface area contributed by atoms with Gasteiger partial charge >= 0.3 is 0 Å². The topological polar surface area (TPSA) is 61.0 Å². The fourth-order valence-corrected chi connectivity index (χ4v) is 1.18. The lowest BCUT2D eigenvalue weighted by molar-refractivity contribution is 0.452. The number of hydrogen-bond acceptors (Lipinski definition) is 4. The SMILES string of the molecule is Cc1ccc(F)cc1Oc1cnc(N)cn1. The van der Waals surface area contributed by atoms with Gasteiger partial charge in [0.05, 0.1) is 12.4 Å². The molecule has 0 fully saturated rings. The van der Waals surface area contributed by atoms with E-state index < -0.39 is 0 Å². The summed E-state index contributed by atoms with van der Waals surface area (Å²) in [6.45, 7) is 1.82. The molecule has 0 aliphatic carbocycles. The van der Waals surface area contributed by atoms with Gasteiger partial charge in [0.1, 0.15) is 17.4 Å². The molecule has 0 aliphatic heterocycles. The molecule has 1 aromatic carbocycles. The number of ether oxygens (including phenoxy) is 1. The van der Waals surface area contributed by atoms with Crippen molar-refractivity contribution in [1.82, 2.24) is 9.97 Å². The lowest BCUT2D eigenvalue weighted by atomic mass is 10.2. The Morgan fingerprint density at radius 1 is 1.25 bits per heavy atom. The van der Waals surface area contributed by atoms with E-state index >= 15 is 0 Å². The van der Waals surface area contributed by atoms with Crippen LogP contribution in [0.5, 0.6) is 11.6 Å². The summed E-state index contributed by atoms with van der Waals surface area (Å²) in [5.41, 5.74) is 6.20. The van der Waals surface area contributed by atoms with Crippen LogP contribution < -0.4 is 10.5 Å². The van der Waals surface area contributed by atoms with Crippen molar-refractivity contribution in [3.63, 3.8) is 0 Å². The molecule has 0 saturated heterocycles. The summed E-state index contributed by atoms with van der Waals surface area (Å²) in [4.78, 5) is 7.74. The number of benzene rings is 1. The zero-order valence-electron chi connectivity index (χ0n) is 8.64. The fourth-order valence-electron chi connectivity index (χ4n) is 1.18. The Morgan fingerprint density at radius 3 is 2.75 bits per heavy atom. The van der Waals surface area contributed by atoms with Crippen LogP contribution in [0.1, 0.15) is 5.56 Å². The van der Waals surface area contributed by atoms with Crippen LogP contribution >= 0.6 is 0 Å². The molecule has 0 bridgehead atoms. The van der Waals surface area contributed by atoms with Gasteiger partial charge in [0.25, 0.3) is 0 Å². The summed E-state index contributed by atoms with van der Waals surface area (Å²) in [5, 5.41) is 0. The van der Waals surface area contributed by atoms with Crippen molar-refractivity contribution in [1.29, 1.82) is 0 Å². The van der Waals surface area contributed by atoms with Crippen LogP contribution in [0, 0.1) is 12.7 Å². The number of nitrogens with two attached hydrogens (primary N) is 1. The first-order valence-electron chi connectivity index (χ1n) is 4.66. The predicted molar refractivity (Wildman–Crippen MR) is 57.7 cm³/mol. The maximum atomic E-state index is 13.0. The molecule has 0 radical (unpaired) electrons. The minimum absolute atomic E-state index is 0.280. The third-order valence-corrected chi connectivity index (χ3v) is 2.01. The molecule has 0 aliphatic rings. The van der Waals surface area contributed by atoms with Crippen LogP contribution in [0.4, 0.5) is 10.2 Å². The largest absolute Gasteiger partial charge is 0.437 e. The van der Waals surface area contributed by atoms with Crippen LogP contribution in [0.25, 0.3) is 0 Å². The third-order valence-electron chi connectivity index (χ3n) is 2.01. The number of aryl methyl sites for hydroxylation is 1. The highest BCUT2D eigenvalue weighted by Gasteiger charge is 2.04. The Labute approximate surface area is 91.9 Å². The molecule has 4 nitrogen and oxygen atoms in total. The molecular formula is C11H10FN3O. The highest BCUT2D eigenvalue weighted by Crippen LogP contribution is 2.23. The molecule has 0 atom stereocenters. The number of rotatable bonds is 2. The first-order chi connectivity index (χ1) is 7.65. The van der Waals surface area contributed by atoms with E-state index in [0.717, 1.165) is 5.56 Å². The van der Waals surface area contributed by atoms with Crippen molar-refractivity contribution in [2.75, 3.05) is 5.73 Å². The Balaban J connectivity index is 2.26. The van der Waals surface area contributed by atoms with Gasteiger partial charge in [0, 0.05) is 6.07 Å². The van der Waals surface area contributed by atoms with E-state index in [9.17, 15) is 4.39 Å². The summed E-state index contributed by atoms with van der Waals surface area (Å²) in [7, 11) is 0. The maximum Gasteiger partial charge on any atom is 0.237 e. The minimum atomic E-state index is -0.357. The average molecular weight is 219 g/mol. The summed E-state index contributed by atoms with van der Waals surface area (Å²) in [5.74, 6) is 0.647. The summed E-state index contributed by atoms with van der Waals surface area (Å²) < 4.78 is 18.4. The van der Waals surface area contributed by atoms with Crippen molar-refractivity contribution in [2.24, 2.45) is 0 Å². The van der Waals surface area contributed by atoms with Crippen molar-refractivity contribution in [2.45, 2.75) is 6.92 Å². The molecule has 2 rings (SSSR count). The molecule has 1 aromatic heterocycles. The van der Waals surface area contributed by atoms with E-state index in [1.807, 2.05) is 6.92 Å². The predicted octanol–water partition coefficient (Wildman–Crippen LogP) is 2.30. The first-order valence-corrected chi connectivity index (χ1v) is 4.66. The van der Waals surface area contributed by atoms with Gasteiger partial charge in [0.2, 0.25) is 5.88 Å². The first kappa shape index (κ1) is 10.4. The van der Waals surface area contributed by atoms with E-state index in [1.54, 1.807) is 6.07 Å². The fraction of sp³-hybridized carbons (Fsp3) is 0.0909. The monoisotopic (exact) mass is 219 g/mol. The molecule has 2 aromatic rings. The minimum Gasteiger partial charge on any atom is -0.437 e. The van der Waals surface area contributed by atoms with Gasteiger partial charge in [0.15, 0.2) is 0 Å². The second kappa shape index (κ2) is 4.14. The Hall–Kier alpha value is -2.17. The molecule has 16 heavy (non-hydrogen) atoms. The highest BCUT2D eigenvalue weighted by molar-refractivity contribution is 5.35. The molecular weight excluding hydrogens is 209 g/mol. The summed E-state index contributed by atoms with van der Waals surface area (Å²) in [6, 6.07) is 4.31. The van der Waals surface area contributed by atoms with E-state index in [4.69, 9.17) is 10.5 Å². The van der Waals surface area contributed by atoms with Crippen molar-refractivity contribution in [3.05, 3.63) is 42.0 Å². The molecule has 0 spiro atoms. The number of nitrogens with zero attached hydrogens (tertiary/aromatic N) is 2. The normalized spacial score (nSPS) is 10.1. The van der Waals surface area contributed by atoms with Crippen LogP contribution in [0.15, 0.2) is 30.6 Å². The van der Waals surface area contributed by atoms with Gasteiger partial charge in [-0.3, -0.25) is 0 Å². The van der Waals surface area contributed by atoms with E-state index in [1.165, 1.54) is 24.5 Å². The smallest absolute Gasteiger partial charge is 0.237 e. The number of nitrogen functional groups attached to an aromatic ring is 1. The molecule has 0 unspecified atom stereocenters. The van der Waals surface area contributed by atoms with Crippen molar-refractivity contribution < 1.29 is 9.13 Å². The Kier molecular flexibility index (Phi) is 2.68. The van der Waals surface area contributed by atoms with Gasteiger partial charge in [-0.1, -0.05) is 6.07 Å². The van der Waals surface area contributed by atoms with Gasteiger partial charge in [-0.05, 0) is 18.6 Å². The van der Waals surface area contributed by atoms with Gasteiger partial charge in [-0.2, -0.15) is 0 Å². The third kappa shape index (κ3) is 2.25. The molecule has 2 N–H and O–H groups in total. The number of hydrogen-bond donors (Lipinski definition) is 1. The van der Waals surface area contributed by atoms with Crippen LogP contribution in [-0.2, 0) is 0 Å². The number of halogens is 1. The second-order valence-electron chi connectivity index (χ2n) is 3.29. The average Bonchev–Trinajstić information content (AvgIpc) is 2.27. The van der Waals surface area contributed by atoms with Crippen molar-refractivity contribution in [3.8, 4) is 11.6 Å². The Morgan fingerprint density at radius 2 is 2.06 bits per heavy atom. The number of anilines is 1. The second-order valence-corrected chi connectivity index (χ2v) is 3.29. The van der Waals surface area contributed by atoms with Crippen molar-refractivity contribution >= 4 is 5.82 Å². The molecule has 0 amide bonds. The van der Waals surface area contributed by atoms with E-state index in [2.05, 4.69) is 9.97 Å². The lowest BCUT2D eigenvalue weighted by Gasteiger charge is -2.07. The van der Waals surface area contributed by atoms with Crippen LogP contribution in [0.3, 0.4) is 0 Å². The van der Waals surface area contributed by atoms with E-state index in [-0.39, 0.29) is 11.7 Å². The zero-order valence-corrected chi connectivity index (χ0v) is 8.64. The summed E-state index contributed by atoms with van der Waals surface area (Å²) >= 11 is 0. The number of aromatic nitrogens is 2. The van der Waals surface area contributed by atoms with Gasteiger partial charge in [-0.25, -0.2) is 14.4 Å². The van der Waals surface area contributed by atoms with Gasteiger partial charge < -0.3 is 10.5 Å². The maximum absolute atomic E-state index is 13.0. The molecule has 5 heteroatoms.